The van der Waals surface area contributed by atoms with Gasteiger partial charge >= 0.3 is 6.18 Å². The number of nitrogens with one attached hydrogen (secondary N) is 2. The van der Waals surface area contributed by atoms with Crippen LogP contribution in [0.2, 0.25) is 0 Å². The zero-order valence-corrected chi connectivity index (χ0v) is 17.7. The molecule has 4 rings (SSSR count). The number of rotatable bonds is 5. The number of hydrogen-bond donors (Lipinski definition) is 2. The summed E-state index contributed by atoms with van der Waals surface area (Å²) in [6, 6.07) is 5.58. The van der Waals surface area contributed by atoms with Gasteiger partial charge in [-0.3, -0.25) is 4.68 Å². The molecule has 0 fully saturated rings. The smallest absolute Gasteiger partial charge is 0.311 e. The van der Waals surface area contributed by atoms with Crippen molar-refractivity contribution < 1.29 is 21.6 Å². The molecule has 30 heavy (non-hydrogen) atoms. The molecule has 1 atom stereocenters. The molecule has 1 aromatic carbocycles. The summed E-state index contributed by atoms with van der Waals surface area (Å²) < 4.78 is 68.7. The van der Waals surface area contributed by atoms with Crippen molar-refractivity contribution in [3.63, 3.8) is 0 Å². The van der Waals surface area contributed by atoms with E-state index in [1.165, 1.54) is 4.68 Å². The lowest BCUT2D eigenvalue weighted by molar-refractivity contribution is -0.142. The van der Waals surface area contributed by atoms with Crippen molar-refractivity contribution in [3.8, 4) is 0 Å². The Balaban J connectivity index is 1.55. The monoisotopic (exact) mass is 442 g/mol. The van der Waals surface area contributed by atoms with E-state index in [4.69, 9.17) is 0 Å². The van der Waals surface area contributed by atoms with Crippen molar-refractivity contribution in [2.24, 2.45) is 0 Å². The van der Waals surface area contributed by atoms with Gasteiger partial charge in [0.2, 0.25) is 10.0 Å². The van der Waals surface area contributed by atoms with E-state index in [0.29, 0.717) is 38.0 Å². The molecule has 0 radical (unpaired) electrons. The Morgan fingerprint density at radius 1 is 1.27 bits per heavy atom. The fourth-order valence-corrected chi connectivity index (χ4v) is 5.07. The average Bonchev–Trinajstić information content (AvgIpc) is 3.22. The van der Waals surface area contributed by atoms with Crippen molar-refractivity contribution >= 4 is 10.0 Å². The van der Waals surface area contributed by atoms with E-state index in [1.807, 2.05) is 18.2 Å². The van der Waals surface area contributed by atoms with Gasteiger partial charge in [0.25, 0.3) is 0 Å². The highest BCUT2D eigenvalue weighted by Gasteiger charge is 2.39. The standard InChI is InChI=1S/C20H25F3N4O2S/c1-12(2)30(28,29)26-16-8-14-4-3-13(7-15(14)9-16)11-27-18-10-24-6-5-17(18)19(25-27)20(21,22)23/h3-4,7,12,16,24,26H,5-6,8-11H2,1-2H3/t16-/m1/s1. The third-order valence-electron chi connectivity index (χ3n) is 5.77. The molecule has 0 amide bonds. The third-order valence-corrected chi connectivity index (χ3v) is 7.67. The minimum absolute atomic E-state index is 0.193. The topological polar surface area (TPSA) is 76.0 Å². The van der Waals surface area contributed by atoms with Gasteiger partial charge in [0.15, 0.2) is 5.69 Å². The van der Waals surface area contributed by atoms with Crippen molar-refractivity contribution in [1.29, 1.82) is 0 Å². The molecular formula is C20H25F3N4O2S. The largest absolute Gasteiger partial charge is 0.435 e. The minimum atomic E-state index is -4.47. The number of sulfonamides is 1. The van der Waals surface area contributed by atoms with Crippen molar-refractivity contribution in [2.75, 3.05) is 6.54 Å². The van der Waals surface area contributed by atoms with Crippen LogP contribution in [0.3, 0.4) is 0 Å². The van der Waals surface area contributed by atoms with Crippen LogP contribution in [0, 0.1) is 0 Å². The highest BCUT2D eigenvalue weighted by molar-refractivity contribution is 7.90. The number of alkyl halides is 3. The van der Waals surface area contributed by atoms with Crippen LogP contribution in [0.1, 0.15) is 47.5 Å². The Bertz CT molecular complexity index is 1060. The Labute approximate surface area is 173 Å². The van der Waals surface area contributed by atoms with Gasteiger partial charge < -0.3 is 5.32 Å². The zero-order valence-electron chi connectivity index (χ0n) is 16.9. The first-order chi connectivity index (χ1) is 14.0. The van der Waals surface area contributed by atoms with Crippen LogP contribution >= 0.6 is 0 Å². The highest BCUT2D eigenvalue weighted by Crippen LogP contribution is 2.34. The molecule has 0 spiro atoms. The summed E-state index contributed by atoms with van der Waals surface area (Å²) in [7, 11) is -3.36. The van der Waals surface area contributed by atoms with Crippen molar-refractivity contribution in [1.82, 2.24) is 19.8 Å². The Morgan fingerprint density at radius 2 is 2.00 bits per heavy atom. The van der Waals surface area contributed by atoms with Gasteiger partial charge in [0.1, 0.15) is 0 Å². The third kappa shape index (κ3) is 4.13. The summed E-state index contributed by atoms with van der Waals surface area (Å²) in [5.74, 6) is 0. The summed E-state index contributed by atoms with van der Waals surface area (Å²) in [5.41, 5.74) is 3.02. The van der Waals surface area contributed by atoms with Crippen LogP contribution in [0.4, 0.5) is 13.2 Å². The summed E-state index contributed by atoms with van der Waals surface area (Å²) in [6.07, 6.45) is -2.97. The summed E-state index contributed by atoms with van der Waals surface area (Å²) in [5, 5.41) is 6.51. The Kier molecular flexibility index (Phi) is 5.44. The molecule has 10 heteroatoms. The van der Waals surface area contributed by atoms with Crippen LogP contribution in [0.25, 0.3) is 0 Å². The lowest BCUT2D eigenvalue weighted by Gasteiger charge is -2.16. The van der Waals surface area contributed by atoms with E-state index in [-0.39, 0.29) is 18.2 Å². The van der Waals surface area contributed by atoms with E-state index < -0.39 is 27.1 Å². The molecular weight excluding hydrogens is 417 g/mol. The fourth-order valence-electron chi connectivity index (χ4n) is 4.17. The number of benzene rings is 1. The lowest BCUT2D eigenvalue weighted by atomic mass is 10.0. The van der Waals surface area contributed by atoms with E-state index in [0.717, 1.165) is 16.7 Å². The molecule has 6 nitrogen and oxygen atoms in total. The first-order valence-electron chi connectivity index (χ1n) is 10.0. The van der Waals surface area contributed by atoms with Gasteiger partial charge in [-0.25, -0.2) is 13.1 Å². The SMILES string of the molecule is CC(C)S(=O)(=O)N[C@@H]1Cc2ccc(Cn3nc(C(F)(F)F)c4c3CNCC4)cc2C1. The molecule has 2 aliphatic rings. The molecule has 0 unspecified atom stereocenters. The molecule has 2 aromatic rings. The van der Waals surface area contributed by atoms with Crippen LogP contribution < -0.4 is 10.0 Å². The van der Waals surface area contributed by atoms with Crippen LogP contribution in [-0.2, 0) is 48.6 Å². The highest BCUT2D eigenvalue weighted by atomic mass is 32.2. The fraction of sp³-hybridized carbons (Fsp3) is 0.550. The first-order valence-corrected chi connectivity index (χ1v) is 11.6. The normalized spacial score (nSPS) is 19.2. The lowest BCUT2D eigenvalue weighted by Crippen LogP contribution is -2.39. The Hall–Kier alpha value is -1.91. The van der Waals surface area contributed by atoms with E-state index in [1.54, 1.807) is 13.8 Å². The van der Waals surface area contributed by atoms with Crippen LogP contribution in [0.15, 0.2) is 18.2 Å². The quantitative estimate of drug-likeness (QED) is 0.746. The second-order valence-corrected chi connectivity index (χ2v) is 10.5. The van der Waals surface area contributed by atoms with Crippen LogP contribution in [-0.4, -0.2) is 36.0 Å². The maximum absolute atomic E-state index is 13.4. The zero-order chi connectivity index (χ0) is 21.7. The molecule has 164 valence electrons. The summed E-state index contributed by atoms with van der Waals surface area (Å²) in [6.45, 7) is 4.39. The summed E-state index contributed by atoms with van der Waals surface area (Å²) in [4.78, 5) is 0. The van der Waals surface area contributed by atoms with E-state index in [9.17, 15) is 21.6 Å². The number of hydrogen-bond acceptors (Lipinski definition) is 4. The van der Waals surface area contributed by atoms with Gasteiger partial charge in [0.05, 0.1) is 17.5 Å². The first kappa shape index (κ1) is 21.3. The predicted molar refractivity (Wildman–Crippen MR) is 107 cm³/mol. The number of nitrogens with zero attached hydrogens (tertiary/aromatic N) is 2. The Morgan fingerprint density at radius 3 is 2.70 bits per heavy atom. The molecule has 1 aliphatic heterocycles. The van der Waals surface area contributed by atoms with Crippen molar-refractivity contribution in [3.05, 3.63) is 51.8 Å². The average molecular weight is 443 g/mol. The minimum Gasteiger partial charge on any atom is -0.311 e. The van der Waals surface area contributed by atoms with Gasteiger partial charge in [0, 0.05) is 18.2 Å². The van der Waals surface area contributed by atoms with Gasteiger partial charge in [-0.15, -0.1) is 0 Å². The molecule has 0 saturated heterocycles. The molecule has 2 N–H and O–H groups in total. The van der Waals surface area contributed by atoms with Gasteiger partial charge in [-0.2, -0.15) is 18.3 Å². The molecule has 0 saturated carbocycles. The molecule has 1 aliphatic carbocycles. The summed E-state index contributed by atoms with van der Waals surface area (Å²) >= 11 is 0. The van der Waals surface area contributed by atoms with Gasteiger partial charge in [-0.1, -0.05) is 18.2 Å². The second kappa shape index (κ2) is 7.65. The number of halogens is 3. The van der Waals surface area contributed by atoms with Crippen LogP contribution in [0.5, 0.6) is 0 Å². The van der Waals surface area contributed by atoms with E-state index in [2.05, 4.69) is 15.1 Å². The van der Waals surface area contributed by atoms with E-state index >= 15 is 0 Å². The molecule has 2 heterocycles. The molecule has 0 bridgehead atoms. The second-order valence-electron chi connectivity index (χ2n) is 8.28. The predicted octanol–water partition coefficient (Wildman–Crippen LogP) is 2.39. The van der Waals surface area contributed by atoms with Crippen molar-refractivity contribution in [2.45, 2.75) is 63.7 Å². The van der Waals surface area contributed by atoms with Gasteiger partial charge in [-0.05, 0) is 56.3 Å². The number of fused-ring (bicyclic) bond motifs is 2. The maximum Gasteiger partial charge on any atom is 0.435 e. The number of aromatic nitrogens is 2. The maximum atomic E-state index is 13.4. The molecule has 1 aromatic heterocycles.